The lowest BCUT2D eigenvalue weighted by Crippen LogP contribution is -2.39. The van der Waals surface area contributed by atoms with Gasteiger partial charge in [0.15, 0.2) is 0 Å². The van der Waals surface area contributed by atoms with Crippen molar-refractivity contribution < 1.29 is 5.11 Å². The van der Waals surface area contributed by atoms with Gasteiger partial charge in [0.1, 0.15) is 0 Å². The maximum absolute atomic E-state index is 10.4. The fraction of sp³-hybridized carbons (Fsp3) is 0.667. The Morgan fingerprint density at radius 2 is 2.00 bits per heavy atom. The van der Waals surface area contributed by atoms with Gasteiger partial charge in [-0.15, -0.1) is 11.3 Å². The van der Waals surface area contributed by atoms with Crippen LogP contribution in [0.3, 0.4) is 0 Å². The first-order valence-electron chi connectivity index (χ1n) is 5.43. The molecule has 0 aliphatic carbocycles. The molecule has 0 amide bonds. The van der Waals surface area contributed by atoms with E-state index in [0.717, 1.165) is 15.9 Å². The Hall–Kier alpha value is 0.100. The van der Waals surface area contributed by atoms with Crippen molar-refractivity contribution in [2.45, 2.75) is 45.3 Å². The van der Waals surface area contributed by atoms with Crippen molar-refractivity contribution in [2.75, 3.05) is 6.54 Å². The summed E-state index contributed by atoms with van der Waals surface area (Å²) in [5.41, 5.74) is -0.659. The number of thiophene rings is 1. The quantitative estimate of drug-likeness (QED) is 0.892. The Bertz CT molecular complexity index is 341. The minimum atomic E-state index is -0.759. The van der Waals surface area contributed by atoms with Gasteiger partial charge < -0.3 is 10.4 Å². The van der Waals surface area contributed by atoms with Crippen molar-refractivity contribution in [2.24, 2.45) is 0 Å². The van der Waals surface area contributed by atoms with Crippen molar-refractivity contribution in [3.8, 4) is 0 Å². The molecule has 0 aromatic carbocycles. The lowest BCUT2D eigenvalue weighted by molar-refractivity contribution is 0.0495. The van der Waals surface area contributed by atoms with Crippen LogP contribution in [-0.4, -0.2) is 17.2 Å². The van der Waals surface area contributed by atoms with Crippen LogP contribution in [0.5, 0.6) is 0 Å². The van der Waals surface area contributed by atoms with Crippen LogP contribution in [-0.2, 0) is 5.60 Å². The number of nitrogens with one attached hydrogen (secondary N) is 1. The van der Waals surface area contributed by atoms with E-state index in [-0.39, 0.29) is 5.54 Å². The van der Waals surface area contributed by atoms with E-state index in [9.17, 15) is 5.11 Å². The highest BCUT2D eigenvalue weighted by atomic mass is 79.9. The predicted molar refractivity (Wildman–Crippen MR) is 74.0 cm³/mol. The molecule has 2 nitrogen and oxygen atoms in total. The van der Waals surface area contributed by atoms with E-state index in [1.165, 1.54) is 0 Å². The van der Waals surface area contributed by atoms with E-state index in [2.05, 4.69) is 42.0 Å². The van der Waals surface area contributed by atoms with Gasteiger partial charge >= 0.3 is 0 Å². The number of rotatable bonds is 4. The number of hydrogen-bond donors (Lipinski definition) is 2. The highest BCUT2D eigenvalue weighted by Crippen LogP contribution is 2.35. The van der Waals surface area contributed by atoms with Crippen molar-refractivity contribution >= 4 is 27.3 Å². The van der Waals surface area contributed by atoms with Gasteiger partial charge in [0, 0.05) is 10.0 Å². The molecule has 4 heteroatoms. The molecule has 1 atom stereocenters. The minimum Gasteiger partial charge on any atom is -0.385 e. The van der Waals surface area contributed by atoms with Crippen LogP contribution in [0.4, 0.5) is 0 Å². The molecule has 1 aromatic rings. The zero-order valence-electron chi connectivity index (χ0n) is 10.3. The van der Waals surface area contributed by atoms with E-state index < -0.39 is 5.60 Å². The second-order valence-corrected chi connectivity index (χ2v) is 7.07. The molecule has 2 N–H and O–H groups in total. The molecule has 0 saturated carbocycles. The van der Waals surface area contributed by atoms with E-state index in [1.54, 1.807) is 11.3 Å². The summed E-state index contributed by atoms with van der Waals surface area (Å²) in [5.74, 6) is 0. The molecular formula is C12H20BrNOS. The van der Waals surface area contributed by atoms with Gasteiger partial charge in [-0.3, -0.25) is 0 Å². The minimum absolute atomic E-state index is 0.1000. The molecule has 0 saturated heterocycles. The summed E-state index contributed by atoms with van der Waals surface area (Å²) in [6.45, 7) is 9.06. The lowest BCUT2D eigenvalue weighted by Gasteiger charge is -2.26. The summed E-state index contributed by atoms with van der Waals surface area (Å²) in [6, 6.07) is 1.98. The summed E-state index contributed by atoms with van der Waals surface area (Å²) in [5, 5.41) is 15.8. The van der Waals surface area contributed by atoms with E-state index in [1.807, 2.05) is 18.4 Å². The zero-order valence-corrected chi connectivity index (χ0v) is 12.7. The molecule has 1 unspecified atom stereocenters. The van der Waals surface area contributed by atoms with Crippen molar-refractivity contribution in [3.05, 3.63) is 20.8 Å². The Morgan fingerprint density at radius 3 is 2.44 bits per heavy atom. The first-order chi connectivity index (χ1) is 7.22. The maximum atomic E-state index is 10.4. The van der Waals surface area contributed by atoms with Crippen molar-refractivity contribution in [1.82, 2.24) is 5.32 Å². The average Bonchev–Trinajstić information content (AvgIpc) is 2.48. The summed E-state index contributed by atoms with van der Waals surface area (Å²) in [7, 11) is 0. The molecule has 0 spiro atoms. The number of aliphatic hydroxyl groups is 1. The highest BCUT2D eigenvalue weighted by Gasteiger charge is 2.26. The number of halogens is 1. The van der Waals surface area contributed by atoms with Crippen LogP contribution in [0.2, 0.25) is 0 Å². The van der Waals surface area contributed by atoms with Crippen LogP contribution in [0.1, 0.15) is 39.0 Å². The third-order valence-electron chi connectivity index (χ3n) is 2.37. The third kappa shape index (κ3) is 4.17. The first kappa shape index (κ1) is 14.2. The Balaban J connectivity index is 2.56. The molecule has 0 radical (unpaired) electrons. The average molecular weight is 306 g/mol. The fourth-order valence-electron chi connectivity index (χ4n) is 1.47. The van der Waals surface area contributed by atoms with Crippen LogP contribution in [0.15, 0.2) is 15.9 Å². The Kier molecular flexibility index (Phi) is 4.57. The van der Waals surface area contributed by atoms with Gasteiger partial charge in [-0.05, 0) is 68.0 Å². The number of hydrogen-bond acceptors (Lipinski definition) is 3. The van der Waals surface area contributed by atoms with Crippen LogP contribution in [0.25, 0.3) is 0 Å². The smallest absolute Gasteiger partial charge is 0.0983 e. The molecule has 0 bridgehead atoms. The summed E-state index contributed by atoms with van der Waals surface area (Å²) in [6.07, 6.45) is 0.712. The molecule has 0 aliphatic heterocycles. The van der Waals surface area contributed by atoms with E-state index in [4.69, 9.17) is 0 Å². The van der Waals surface area contributed by atoms with Crippen molar-refractivity contribution in [1.29, 1.82) is 0 Å². The topological polar surface area (TPSA) is 32.3 Å². The van der Waals surface area contributed by atoms with Gasteiger partial charge in [-0.25, -0.2) is 0 Å². The van der Waals surface area contributed by atoms with Crippen LogP contribution in [0, 0.1) is 0 Å². The largest absolute Gasteiger partial charge is 0.385 e. The second kappa shape index (κ2) is 5.17. The highest BCUT2D eigenvalue weighted by molar-refractivity contribution is 9.10. The van der Waals surface area contributed by atoms with Gasteiger partial charge in [0.25, 0.3) is 0 Å². The lowest BCUT2D eigenvalue weighted by atomic mass is 9.99. The van der Waals surface area contributed by atoms with Crippen molar-refractivity contribution in [3.63, 3.8) is 0 Å². The Labute approximate surface area is 110 Å². The Morgan fingerprint density at radius 1 is 1.38 bits per heavy atom. The summed E-state index contributed by atoms with van der Waals surface area (Å²) < 4.78 is 0.998. The van der Waals surface area contributed by atoms with E-state index >= 15 is 0 Å². The molecule has 1 heterocycles. The van der Waals surface area contributed by atoms with Crippen LogP contribution < -0.4 is 5.32 Å². The van der Waals surface area contributed by atoms with Gasteiger partial charge in [0.2, 0.25) is 0 Å². The molecule has 0 aliphatic rings. The second-order valence-electron chi connectivity index (χ2n) is 5.30. The summed E-state index contributed by atoms with van der Waals surface area (Å²) in [4.78, 5) is 1.00. The molecule has 1 rings (SSSR count). The predicted octanol–water partition coefficient (Wildman–Crippen LogP) is 3.50. The third-order valence-corrected chi connectivity index (χ3v) is 4.46. The van der Waals surface area contributed by atoms with Gasteiger partial charge in [-0.1, -0.05) is 0 Å². The molecular weight excluding hydrogens is 286 g/mol. The van der Waals surface area contributed by atoms with Crippen LogP contribution >= 0.6 is 27.3 Å². The molecule has 0 fully saturated rings. The molecule has 1 aromatic heterocycles. The van der Waals surface area contributed by atoms with Gasteiger partial charge in [0.05, 0.1) is 10.5 Å². The zero-order chi connectivity index (χ0) is 12.4. The SMILES string of the molecule is CC(C)(C)NCCC(C)(O)c1sccc1Br. The first-order valence-corrected chi connectivity index (χ1v) is 7.10. The molecule has 92 valence electrons. The monoisotopic (exact) mass is 305 g/mol. The normalized spacial score (nSPS) is 16.1. The van der Waals surface area contributed by atoms with E-state index in [0.29, 0.717) is 6.42 Å². The molecule has 16 heavy (non-hydrogen) atoms. The standard InChI is InChI=1S/C12H20BrNOS/c1-11(2,3)14-7-6-12(4,15)10-9(13)5-8-16-10/h5,8,14-15H,6-7H2,1-4H3. The maximum Gasteiger partial charge on any atom is 0.0983 e. The van der Waals surface area contributed by atoms with Gasteiger partial charge in [-0.2, -0.15) is 0 Å². The fourth-order valence-corrected chi connectivity index (χ4v) is 3.36. The summed E-state index contributed by atoms with van der Waals surface area (Å²) >= 11 is 5.05.